The first-order valence-electron chi connectivity index (χ1n) is 14.1. The van der Waals surface area contributed by atoms with Gasteiger partial charge in [-0.1, -0.05) is 54.6 Å². The van der Waals surface area contributed by atoms with Crippen LogP contribution in [0.1, 0.15) is 26.7 Å². The van der Waals surface area contributed by atoms with Gasteiger partial charge in [-0.25, -0.2) is 4.98 Å². The maximum atomic E-state index is 13.7. The molecule has 1 unspecified atom stereocenters. The lowest BCUT2D eigenvalue weighted by atomic mass is 10.1. The lowest BCUT2D eigenvalue weighted by molar-refractivity contribution is -0.116. The maximum Gasteiger partial charge on any atom is 0.272 e. The van der Waals surface area contributed by atoms with E-state index in [1.165, 1.54) is 43.4 Å². The third-order valence-electron chi connectivity index (χ3n) is 6.61. The van der Waals surface area contributed by atoms with Crippen LogP contribution in [-0.4, -0.2) is 36.9 Å². The standard InChI is InChI=1S/C35H30N4O5S2/c1-43-27-16-17-30(44-2)25(20-27)21-29(38-32(40)24-12-7-4-8-13-24)33(41)37-26-14-9-15-28(22-26)46-31(23-10-5-3-6-11-23)34(42)39-35-36-18-19-45-35/h3-22,31H,1-2H3,(H,37,41)(H,38,40)(H,36,39,42)/b29-21+. The molecule has 5 rings (SSSR count). The Hall–Kier alpha value is -5.39. The molecular weight excluding hydrogens is 621 g/mol. The highest BCUT2D eigenvalue weighted by Crippen LogP contribution is 2.37. The summed E-state index contributed by atoms with van der Waals surface area (Å²) in [4.78, 5) is 45.1. The molecule has 232 valence electrons. The minimum atomic E-state index is -0.586. The number of benzene rings is 4. The molecule has 0 saturated carbocycles. The van der Waals surface area contributed by atoms with E-state index in [1.807, 2.05) is 36.4 Å². The molecule has 46 heavy (non-hydrogen) atoms. The van der Waals surface area contributed by atoms with E-state index < -0.39 is 17.1 Å². The average molecular weight is 651 g/mol. The molecule has 0 bridgehead atoms. The number of nitrogens with one attached hydrogen (secondary N) is 3. The van der Waals surface area contributed by atoms with E-state index in [0.717, 1.165) is 10.5 Å². The van der Waals surface area contributed by atoms with Gasteiger partial charge >= 0.3 is 0 Å². The number of anilines is 2. The Morgan fingerprint density at radius 3 is 2.30 bits per heavy atom. The number of carbonyl (C=O) groups excluding carboxylic acids is 3. The van der Waals surface area contributed by atoms with Crippen molar-refractivity contribution in [1.29, 1.82) is 0 Å². The summed E-state index contributed by atoms with van der Waals surface area (Å²) in [5.41, 5.74) is 2.20. The highest BCUT2D eigenvalue weighted by molar-refractivity contribution is 8.00. The molecule has 1 aromatic heterocycles. The predicted molar refractivity (Wildman–Crippen MR) is 182 cm³/mol. The fraction of sp³-hybridized carbons (Fsp3) is 0.0857. The molecule has 9 nitrogen and oxygen atoms in total. The number of amides is 3. The summed E-state index contributed by atoms with van der Waals surface area (Å²) in [6.07, 6.45) is 3.16. The fourth-order valence-electron chi connectivity index (χ4n) is 4.39. The van der Waals surface area contributed by atoms with Gasteiger partial charge in [-0.15, -0.1) is 23.1 Å². The minimum absolute atomic E-state index is 0.0107. The third-order valence-corrected chi connectivity index (χ3v) is 8.55. The van der Waals surface area contributed by atoms with Gasteiger partial charge in [-0.05, 0) is 60.2 Å². The molecule has 0 aliphatic heterocycles. The second-order valence-corrected chi connectivity index (χ2v) is 11.8. The van der Waals surface area contributed by atoms with E-state index in [0.29, 0.717) is 33.4 Å². The number of aromatic nitrogens is 1. The summed E-state index contributed by atoms with van der Waals surface area (Å²) in [6, 6.07) is 30.4. The van der Waals surface area contributed by atoms with Crippen molar-refractivity contribution < 1.29 is 23.9 Å². The Kier molecular flexibility index (Phi) is 10.8. The quantitative estimate of drug-likeness (QED) is 0.0979. The largest absolute Gasteiger partial charge is 0.497 e. The van der Waals surface area contributed by atoms with E-state index in [9.17, 15) is 14.4 Å². The topological polar surface area (TPSA) is 119 Å². The number of methoxy groups -OCH3 is 2. The number of carbonyl (C=O) groups is 3. The highest BCUT2D eigenvalue weighted by atomic mass is 32.2. The van der Waals surface area contributed by atoms with Crippen LogP contribution in [0.15, 0.2) is 125 Å². The van der Waals surface area contributed by atoms with Crippen molar-refractivity contribution in [2.75, 3.05) is 24.9 Å². The number of thioether (sulfide) groups is 1. The zero-order valence-corrected chi connectivity index (χ0v) is 26.6. The van der Waals surface area contributed by atoms with Gasteiger partial charge in [0.25, 0.3) is 11.8 Å². The van der Waals surface area contributed by atoms with Crippen molar-refractivity contribution in [2.24, 2.45) is 0 Å². The second kappa shape index (κ2) is 15.6. The molecule has 11 heteroatoms. The normalized spacial score (nSPS) is 11.7. The van der Waals surface area contributed by atoms with E-state index in [2.05, 4.69) is 20.9 Å². The smallest absolute Gasteiger partial charge is 0.272 e. The minimum Gasteiger partial charge on any atom is -0.497 e. The second-order valence-electron chi connectivity index (χ2n) is 9.70. The fourth-order valence-corrected chi connectivity index (χ4v) is 6.00. The number of nitrogens with zero attached hydrogens (tertiary/aromatic N) is 1. The Morgan fingerprint density at radius 1 is 0.848 bits per heavy atom. The van der Waals surface area contributed by atoms with Gasteiger partial charge in [0.05, 0.1) is 14.2 Å². The zero-order valence-electron chi connectivity index (χ0n) is 24.9. The van der Waals surface area contributed by atoms with Gasteiger partial charge in [0.15, 0.2) is 5.13 Å². The Labute approximate surface area is 274 Å². The molecule has 0 aliphatic carbocycles. The van der Waals surface area contributed by atoms with Crippen LogP contribution in [0.5, 0.6) is 11.5 Å². The molecule has 3 N–H and O–H groups in total. The summed E-state index contributed by atoms with van der Waals surface area (Å²) in [5, 5.41) is 10.2. The average Bonchev–Trinajstić information content (AvgIpc) is 3.60. The lowest BCUT2D eigenvalue weighted by Crippen LogP contribution is -2.30. The first kappa shape index (κ1) is 32.0. The monoisotopic (exact) mass is 650 g/mol. The van der Waals surface area contributed by atoms with Gasteiger partial charge in [0.2, 0.25) is 5.91 Å². The zero-order chi connectivity index (χ0) is 32.3. The van der Waals surface area contributed by atoms with E-state index in [1.54, 1.807) is 78.3 Å². The number of ether oxygens (including phenoxy) is 2. The number of rotatable bonds is 12. The van der Waals surface area contributed by atoms with Crippen molar-refractivity contribution >= 4 is 57.7 Å². The summed E-state index contributed by atoms with van der Waals surface area (Å²) in [5.74, 6) is -0.191. The van der Waals surface area contributed by atoms with Crippen molar-refractivity contribution in [3.05, 3.63) is 137 Å². The summed E-state index contributed by atoms with van der Waals surface area (Å²) in [6.45, 7) is 0. The molecule has 3 amide bonds. The molecule has 1 heterocycles. The molecular formula is C35H30N4O5S2. The van der Waals surface area contributed by atoms with E-state index in [-0.39, 0.29) is 11.6 Å². The van der Waals surface area contributed by atoms with Crippen molar-refractivity contribution in [3.63, 3.8) is 0 Å². The summed E-state index contributed by atoms with van der Waals surface area (Å²) in [7, 11) is 3.06. The molecule has 0 spiro atoms. The Morgan fingerprint density at radius 2 is 1.61 bits per heavy atom. The van der Waals surface area contributed by atoms with Gasteiger partial charge in [-0.3, -0.25) is 14.4 Å². The molecule has 4 aromatic carbocycles. The van der Waals surface area contributed by atoms with Crippen LogP contribution in [0.3, 0.4) is 0 Å². The predicted octanol–water partition coefficient (Wildman–Crippen LogP) is 7.04. The third kappa shape index (κ3) is 8.40. The highest BCUT2D eigenvalue weighted by Gasteiger charge is 2.23. The summed E-state index contributed by atoms with van der Waals surface area (Å²) < 4.78 is 10.9. The first-order valence-corrected chi connectivity index (χ1v) is 15.8. The molecule has 0 aliphatic rings. The van der Waals surface area contributed by atoms with Crippen LogP contribution < -0.4 is 25.4 Å². The van der Waals surface area contributed by atoms with Gasteiger partial charge < -0.3 is 25.4 Å². The summed E-state index contributed by atoms with van der Waals surface area (Å²) >= 11 is 2.68. The van der Waals surface area contributed by atoms with Crippen LogP contribution >= 0.6 is 23.1 Å². The molecule has 0 radical (unpaired) electrons. The van der Waals surface area contributed by atoms with Crippen LogP contribution in [0.2, 0.25) is 0 Å². The Bertz CT molecular complexity index is 1830. The maximum absolute atomic E-state index is 13.7. The van der Waals surface area contributed by atoms with E-state index >= 15 is 0 Å². The SMILES string of the molecule is COc1ccc(OC)c(/C=C(/NC(=O)c2ccccc2)C(=O)Nc2cccc(SC(C(=O)Nc3nccs3)c3ccccc3)c2)c1. The molecule has 0 fully saturated rings. The first-order chi connectivity index (χ1) is 22.4. The van der Waals surface area contributed by atoms with Crippen molar-refractivity contribution in [1.82, 2.24) is 10.3 Å². The van der Waals surface area contributed by atoms with Gasteiger partial charge in [0.1, 0.15) is 22.4 Å². The van der Waals surface area contributed by atoms with Crippen LogP contribution in [0.25, 0.3) is 6.08 Å². The molecule has 5 aromatic rings. The van der Waals surface area contributed by atoms with Crippen LogP contribution in [0, 0.1) is 0 Å². The van der Waals surface area contributed by atoms with Gasteiger partial charge in [-0.2, -0.15) is 0 Å². The Balaban J connectivity index is 1.41. The van der Waals surface area contributed by atoms with E-state index in [4.69, 9.17) is 9.47 Å². The number of hydrogen-bond donors (Lipinski definition) is 3. The van der Waals surface area contributed by atoms with Crippen molar-refractivity contribution in [3.8, 4) is 11.5 Å². The molecule has 1 atom stereocenters. The van der Waals surface area contributed by atoms with Crippen molar-refractivity contribution in [2.45, 2.75) is 10.1 Å². The van der Waals surface area contributed by atoms with Crippen LogP contribution in [0.4, 0.5) is 10.8 Å². The molecule has 0 saturated heterocycles. The number of thiazole rings is 1. The van der Waals surface area contributed by atoms with Crippen LogP contribution in [-0.2, 0) is 9.59 Å². The lowest BCUT2D eigenvalue weighted by Gasteiger charge is -2.17. The number of hydrogen-bond acceptors (Lipinski definition) is 8. The van der Waals surface area contributed by atoms with Gasteiger partial charge in [0, 0.05) is 33.3 Å².